The third kappa shape index (κ3) is 2.05. The van der Waals surface area contributed by atoms with Gasteiger partial charge in [0.05, 0.1) is 5.69 Å². The van der Waals surface area contributed by atoms with Crippen molar-refractivity contribution in [3.05, 3.63) is 58.9 Å². The number of hydrogen-bond donors (Lipinski definition) is 1. The predicted molar refractivity (Wildman–Crippen MR) is 72.7 cm³/mol. The summed E-state index contributed by atoms with van der Waals surface area (Å²) in [5.74, 6) is 0.644. The van der Waals surface area contributed by atoms with Gasteiger partial charge in [0.25, 0.3) is 0 Å². The molecule has 0 saturated heterocycles. The van der Waals surface area contributed by atoms with Crippen LogP contribution in [0.3, 0.4) is 0 Å². The highest BCUT2D eigenvalue weighted by Crippen LogP contribution is 2.27. The molecule has 0 spiro atoms. The number of anilines is 1. The lowest BCUT2D eigenvalue weighted by atomic mass is 10.1. The van der Waals surface area contributed by atoms with E-state index in [1.807, 2.05) is 30.3 Å². The monoisotopic (exact) mass is 258 g/mol. The molecule has 0 aliphatic carbocycles. The maximum absolute atomic E-state index is 5.93. The Labute approximate surface area is 109 Å². The van der Waals surface area contributed by atoms with Crippen molar-refractivity contribution in [2.75, 3.05) is 5.73 Å². The molecule has 0 unspecified atom stereocenters. The number of halogens is 1. The lowest BCUT2D eigenvalue weighted by Gasteiger charge is -1.95. The second kappa shape index (κ2) is 4.35. The molecule has 0 bridgehead atoms. The lowest BCUT2D eigenvalue weighted by Crippen LogP contribution is -1.86. The molecule has 0 amide bonds. The Morgan fingerprint density at radius 2 is 1.94 bits per heavy atom. The molecule has 3 nitrogen and oxygen atoms in total. The molecule has 3 rings (SSSR count). The molecule has 3 aromatic rings. The highest BCUT2D eigenvalue weighted by Gasteiger charge is 2.10. The average Bonchev–Trinajstić information content (AvgIpc) is 2.73. The molecule has 0 atom stereocenters. The summed E-state index contributed by atoms with van der Waals surface area (Å²) in [6.07, 6.45) is 0.645. The lowest BCUT2D eigenvalue weighted by molar-refractivity contribution is 0.545. The van der Waals surface area contributed by atoms with Gasteiger partial charge in [0.15, 0.2) is 11.5 Å². The van der Waals surface area contributed by atoms with Gasteiger partial charge in [0.1, 0.15) is 5.52 Å². The molecule has 4 heteroatoms. The van der Waals surface area contributed by atoms with Gasteiger partial charge in [-0.25, -0.2) is 4.98 Å². The average molecular weight is 259 g/mol. The van der Waals surface area contributed by atoms with Crippen LogP contribution in [0.2, 0.25) is 5.02 Å². The van der Waals surface area contributed by atoms with Crippen molar-refractivity contribution in [2.24, 2.45) is 0 Å². The molecule has 0 aliphatic heterocycles. The van der Waals surface area contributed by atoms with Gasteiger partial charge in [-0.05, 0) is 17.7 Å². The molecule has 0 fully saturated rings. The van der Waals surface area contributed by atoms with Crippen LogP contribution in [0, 0.1) is 0 Å². The van der Waals surface area contributed by atoms with E-state index in [0.717, 1.165) is 5.56 Å². The van der Waals surface area contributed by atoms with Crippen LogP contribution in [-0.2, 0) is 6.42 Å². The van der Waals surface area contributed by atoms with E-state index >= 15 is 0 Å². The van der Waals surface area contributed by atoms with Gasteiger partial charge in [0, 0.05) is 11.4 Å². The van der Waals surface area contributed by atoms with Gasteiger partial charge in [-0.2, -0.15) is 0 Å². The SMILES string of the molecule is Nc1cc(Cl)cc2nc(Cc3ccccc3)oc12. The van der Waals surface area contributed by atoms with Crippen molar-refractivity contribution in [1.82, 2.24) is 4.98 Å². The van der Waals surface area contributed by atoms with E-state index in [1.54, 1.807) is 12.1 Å². The first-order valence-corrected chi connectivity index (χ1v) is 5.98. The third-order valence-electron chi connectivity index (χ3n) is 2.73. The standard InChI is InChI=1S/C14H11ClN2O/c15-10-7-11(16)14-12(8-10)17-13(18-14)6-9-4-2-1-3-5-9/h1-5,7-8H,6,16H2. The molecule has 0 radical (unpaired) electrons. The number of aromatic nitrogens is 1. The number of oxazole rings is 1. The largest absolute Gasteiger partial charge is 0.438 e. The zero-order valence-corrected chi connectivity index (χ0v) is 10.3. The van der Waals surface area contributed by atoms with Crippen LogP contribution >= 0.6 is 11.6 Å². The molecule has 18 heavy (non-hydrogen) atoms. The minimum atomic E-state index is 0.518. The van der Waals surface area contributed by atoms with Crippen LogP contribution in [0.1, 0.15) is 11.5 Å². The van der Waals surface area contributed by atoms with Crippen molar-refractivity contribution in [2.45, 2.75) is 6.42 Å². The van der Waals surface area contributed by atoms with Crippen LogP contribution < -0.4 is 5.73 Å². The van der Waals surface area contributed by atoms with Gasteiger partial charge in [-0.15, -0.1) is 0 Å². The van der Waals surface area contributed by atoms with Crippen LogP contribution in [-0.4, -0.2) is 4.98 Å². The van der Waals surface area contributed by atoms with Gasteiger partial charge >= 0.3 is 0 Å². The first kappa shape index (κ1) is 11.1. The van der Waals surface area contributed by atoms with E-state index in [0.29, 0.717) is 34.1 Å². The Kier molecular flexibility index (Phi) is 2.68. The fourth-order valence-corrected chi connectivity index (χ4v) is 2.14. The zero-order chi connectivity index (χ0) is 12.5. The number of nitrogen functional groups attached to an aromatic ring is 1. The number of benzene rings is 2. The quantitative estimate of drug-likeness (QED) is 0.714. The minimum Gasteiger partial charge on any atom is -0.438 e. The van der Waals surface area contributed by atoms with E-state index in [4.69, 9.17) is 21.8 Å². The van der Waals surface area contributed by atoms with Gasteiger partial charge in [-0.1, -0.05) is 41.9 Å². The van der Waals surface area contributed by atoms with E-state index in [9.17, 15) is 0 Å². The number of fused-ring (bicyclic) bond motifs is 1. The summed E-state index contributed by atoms with van der Waals surface area (Å²) in [6.45, 7) is 0. The molecule has 0 saturated carbocycles. The summed E-state index contributed by atoms with van der Waals surface area (Å²) in [6, 6.07) is 13.4. The second-order valence-electron chi connectivity index (χ2n) is 4.11. The Hall–Kier alpha value is -2.00. The summed E-state index contributed by atoms with van der Waals surface area (Å²) >= 11 is 5.93. The first-order valence-electron chi connectivity index (χ1n) is 5.61. The third-order valence-corrected chi connectivity index (χ3v) is 2.94. The number of rotatable bonds is 2. The Morgan fingerprint density at radius 1 is 1.17 bits per heavy atom. The molecular weight excluding hydrogens is 248 g/mol. The van der Waals surface area contributed by atoms with Crippen molar-refractivity contribution < 1.29 is 4.42 Å². The fourth-order valence-electron chi connectivity index (χ4n) is 1.92. The van der Waals surface area contributed by atoms with Crippen LogP contribution in [0.25, 0.3) is 11.1 Å². The number of nitrogens with two attached hydrogens (primary N) is 1. The molecule has 2 N–H and O–H groups in total. The molecule has 90 valence electrons. The predicted octanol–water partition coefficient (Wildman–Crippen LogP) is 3.65. The first-order chi connectivity index (χ1) is 8.72. The van der Waals surface area contributed by atoms with Crippen molar-refractivity contribution in [1.29, 1.82) is 0 Å². The highest BCUT2D eigenvalue weighted by molar-refractivity contribution is 6.31. The summed E-state index contributed by atoms with van der Waals surface area (Å²) in [5, 5.41) is 0.569. The summed E-state index contributed by atoms with van der Waals surface area (Å²) in [5.41, 5.74) is 8.81. The van der Waals surface area contributed by atoms with E-state index in [2.05, 4.69) is 4.98 Å². The van der Waals surface area contributed by atoms with Crippen molar-refractivity contribution >= 4 is 28.4 Å². The summed E-state index contributed by atoms with van der Waals surface area (Å²) in [7, 11) is 0. The smallest absolute Gasteiger partial charge is 0.200 e. The molecular formula is C14H11ClN2O. The topological polar surface area (TPSA) is 52.0 Å². The minimum absolute atomic E-state index is 0.518. The number of hydrogen-bond acceptors (Lipinski definition) is 3. The number of nitrogens with zero attached hydrogens (tertiary/aromatic N) is 1. The Morgan fingerprint density at radius 3 is 2.72 bits per heavy atom. The van der Waals surface area contributed by atoms with E-state index in [-0.39, 0.29) is 0 Å². The molecule has 1 aromatic heterocycles. The Balaban J connectivity index is 2.01. The fraction of sp³-hybridized carbons (Fsp3) is 0.0714. The van der Waals surface area contributed by atoms with Gasteiger partial charge in [0.2, 0.25) is 0 Å². The van der Waals surface area contributed by atoms with Crippen LogP contribution in [0.5, 0.6) is 0 Å². The summed E-state index contributed by atoms with van der Waals surface area (Å²) in [4.78, 5) is 4.40. The molecule has 2 aromatic carbocycles. The van der Waals surface area contributed by atoms with Gasteiger partial charge in [-0.3, -0.25) is 0 Å². The highest BCUT2D eigenvalue weighted by atomic mass is 35.5. The van der Waals surface area contributed by atoms with Crippen LogP contribution in [0.4, 0.5) is 5.69 Å². The van der Waals surface area contributed by atoms with Crippen molar-refractivity contribution in [3.63, 3.8) is 0 Å². The maximum Gasteiger partial charge on any atom is 0.200 e. The van der Waals surface area contributed by atoms with Gasteiger partial charge < -0.3 is 10.2 Å². The second-order valence-corrected chi connectivity index (χ2v) is 4.55. The van der Waals surface area contributed by atoms with Crippen molar-refractivity contribution in [3.8, 4) is 0 Å². The van der Waals surface area contributed by atoms with E-state index in [1.165, 1.54) is 0 Å². The van der Waals surface area contributed by atoms with E-state index < -0.39 is 0 Å². The Bertz CT molecular complexity index is 692. The normalized spacial score (nSPS) is 10.9. The summed E-state index contributed by atoms with van der Waals surface area (Å²) < 4.78 is 5.66. The zero-order valence-electron chi connectivity index (χ0n) is 9.56. The molecule has 1 heterocycles. The van der Waals surface area contributed by atoms with Crippen LogP contribution in [0.15, 0.2) is 46.9 Å². The maximum atomic E-state index is 5.93. The molecule has 0 aliphatic rings.